The average Bonchev–Trinajstić information content (AvgIpc) is 3.02. The van der Waals surface area contributed by atoms with Gasteiger partial charge in [0.2, 0.25) is 5.91 Å². The van der Waals surface area contributed by atoms with E-state index >= 15 is 0 Å². The van der Waals surface area contributed by atoms with Crippen molar-refractivity contribution in [3.63, 3.8) is 0 Å². The van der Waals surface area contributed by atoms with Gasteiger partial charge in [-0.05, 0) is 22.9 Å². The number of nitriles is 1. The maximum absolute atomic E-state index is 12.1. The molecule has 2 rings (SSSR count). The topological polar surface area (TPSA) is 44.1 Å². The minimum absolute atomic E-state index is 0.0302. The van der Waals surface area contributed by atoms with Crippen LogP contribution in [-0.4, -0.2) is 17.9 Å². The molecule has 2 heterocycles. The van der Waals surface area contributed by atoms with E-state index < -0.39 is 6.04 Å². The molecule has 0 N–H and O–H groups in total. The van der Waals surface area contributed by atoms with Crippen molar-refractivity contribution in [2.75, 3.05) is 7.05 Å². The van der Waals surface area contributed by atoms with Crippen molar-refractivity contribution in [3.05, 3.63) is 44.8 Å². The zero-order valence-corrected chi connectivity index (χ0v) is 11.5. The van der Waals surface area contributed by atoms with Gasteiger partial charge in [0, 0.05) is 16.8 Å². The van der Waals surface area contributed by atoms with Gasteiger partial charge in [0.1, 0.15) is 0 Å². The predicted octanol–water partition coefficient (Wildman–Crippen LogP) is 3.08. The number of carbonyl (C=O) groups is 1. The number of rotatable bonds is 4. The van der Waals surface area contributed by atoms with E-state index in [2.05, 4.69) is 6.07 Å². The molecule has 5 heteroatoms. The van der Waals surface area contributed by atoms with E-state index in [4.69, 9.17) is 0 Å². The van der Waals surface area contributed by atoms with E-state index in [1.165, 1.54) is 16.2 Å². The smallest absolute Gasteiger partial charge is 0.228 e. The molecule has 92 valence electrons. The summed E-state index contributed by atoms with van der Waals surface area (Å²) >= 11 is 3.05. The van der Waals surface area contributed by atoms with Gasteiger partial charge in [-0.25, -0.2) is 0 Å². The Morgan fingerprint density at radius 3 is 2.67 bits per heavy atom. The normalized spacial score (nSPS) is 11.8. The summed E-state index contributed by atoms with van der Waals surface area (Å²) in [6, 6.07) is 9.33. The monoisotopic (exact) mass is 276 g/mol. The molecule has 1 atom stereocenters. The van der Waals surface area contributed by atoms with Crippen LogP contribution in [-0.2, 0) is 11.2 Å². The quantitative estimate of drug-likeness (QED) is 0.861. The molecule has 1 amide bonds. The first-order valence-corrected chi connectivity index (χ1v) is 7.19. The van der Waals surface area contributed by atoms with E-state index in [0.29, 0.717) is 6.42 Å². The molecule has 0 aromatic carbocycles. The standard InChI is InChI=1S/C13H12N2OS2/c1-15(11(9-14)12-5-3-7-18-12)13(16)8-10-4-2-6-17-10/h2-7,11H,8H2,1H3. The summed E-state index contributed by atoms with van der Waals surface area (Å²) in [6.07, 6.45) is 0.359. The molecular formula is C13H12N2OS2. The SMILES string of the molecule is CN(C(=O)Cc1cccs1)C(C#N)c1cccs1. The van der Waals surface area contributed by atoms with Crippen LogP contribution in [0.15, 0.2) is 35.0 Å². The predicted molar refractivity (Wildman–Crippen MR) is 73.5 cm³/mol. The fourth-order valence-corrected chi connectivity index (χ4v) is 3.13. The van der Waals surface area contributed by atoms with Gasteiger partial charge in [-0.3, -0.25) is 4.79 Å². The minimum atomic E-state index is -0.488. The molecule has 0 fully saturated rings. The van der Waals surface area contributed by atoms with Crippen molar-refractivity contribution < 1.29 is 4.79 Å². The molecule has 2 aromatic heterocycles. The molecule has 0 aliphatic rings. The summed E-state index contributed by atoms with van der Waals surface area (Å²) < 4.78 is 0. The minimum Gasteiger partial charge on any atom is -0.325 e. The Morgan fingerprint density at radius 1 is 1.39 bits per heavy atom. The molecule has 0 aliphatic heterocycles. The van der Waals surface area contributed by atoms with Crippen LogP contribution >= 0.6 is 22.7 Å². The lowest BCUT2D eigenvalue weighted by Crippen LogP contribution is -2.31. The van der Waals surface area contributed by atoms with Crippen LogP contribution < -0.4 is 0 Å². The average molecular weight is 276 g/mol. The molecule has 0 saturated heterocycles. The van der Waals surface area contributed by atoms with Crippen molar-refractivity contribution in [1.82, 2.24) is 4.90 Å². The first kappa shape index (κ1) is 12.8. The van der Waals surface area contributed by atoms with Gasteiger partial charge in [-0.15, -0.1) is 22.7 Å². The van der Waals surface area contributed by atoms with Gasteiger partial charge in [0.25, 0.3) is 0 Å². The van der Waals surface area contributed by atoms with Crippen molar-refractivity contribution >= 4 is 28.6 Å². The zero-order chi connectivity index (χ0) is 13.0. The molecule has 2 aromatic rings. The highest BCUT2D eigenvalue weighted by Crippen LogP contribution is 2.24. The number of nitrogens with zero attached hydrogens (tertiary/aromatic N) is 2. The molecular weight excluding hydrogens is 264 g/mol. The summed E-state index contributed by atoms with van der Waals surface area (Å²) in [5.41, 5.74) is 0. The molecule has 0 saturated carbocycles. The van der Waals surface area contributed by atoms with Crippen LogP contribution in [0.1, 0.15) is 15.8 Å². The lowest BCUT2D eigenvalue weighted by atomic mass is 10.2. The molecule has 0 spiro atoms. The third-order valence-corrected chi connectivity index (χ3v) is 4.42. The second kappa shape index (κ2) is 5.80. The summed E-state index contributed by atoms with van der Waals surface area (Å²) in [5, 5.41) is 13.1. The Morgan fingerprint density at radius 2 is 2.11 bits per heavy atom. The van der Waals surface area contributed by atoms with E-state index in [1.54, 1.807) is 18.4 Å². The second-order valence-corrected chi connectivity index (χ2v) is 5.82. The molecule has 18 heavy (non-hydrogen) atoms. The maximum Gasteiger partial charge on any atom is 0.228 e. The van der Waals surface area contributed by atoms with Gasteiger partial charge in [0.05, 0.1) is 12.5 Å². The number of amides is 1. The largest absolute Gasteiger partial charge is 0.325 e. The lowest BCUT2D eigenvalue weighted by Gasteiger charge is -2.21. The Bertz CT molecular complexity index is 540. The molecule has 0 aliphatic carbocycles. The fraction of sp³-hybridized carbons (Fsp3) is 0.231. The number of hydrogen-bond acceptors (Lipinski definition) is 4. The Kier molecular flexibility index (Phi) is 4.13. The van der Waals surface area contributed by atoms with Crippen LogP contribution in [0.5, 0.6) is 0 Å². The van der Waals surface area contributed by atoms with E-state index in [9.17, 15) is 10.1 Å². The van der Waals surface area contributed by atoms with Crippen LogP contribution in [0.25, 0.3) is 0 Å². The second-order valence-electron chi connectivity index (χ2n) is 3.81. The maximum atomic E-state index is 12.1. The van der Waals surface area contributed by atoms with Crippen LogP contribution in [0.3, 0.4) is 0 Å². The van der Waals surface area contributed by atoms with E-state index in [1.807, 2.05) is 35.0 Å². The van der Waals surface area contributed by atoms with Gasteiger partial charge in [0.15, 0.2) is 6.04 Å². The third-order valence-electron chi connectivity index (χ3n) is 2.62. The molecule has 0 radical (unpaired) electrons. The number of carbonyl (C=O) groups excluding carboxylic acids is 1. The number of thiophene rings is 2. The molecule has 3 nitrogen and oxygen atoms in total. The van der Waals surface area contributed by atoms with Crippen LogP contribution in [0.2, 0.25) is 0 Å². The third kappa shape index (κ3) is 2.78. The summed E-state index contributed by atoms with van der Waals surface area (Å²) in [7, 11) is 1.68. The summed E-state index contributed by atoms with van der Waals surface area (Å²) in [5.74, 6) is -0.0302. The van der Waals surface area contributed by atoms with E-state index in [0.717, 1.165) is 9.75 Å². The van der Waals surface area contributed by atoms with Gasteiger partial charge >= 0.3 is 0 Å². The van der Waals surface area contributed by atoms with Crippen molar-refractivity contribution in [2.45, 2.75) is 12.5 Å². The van der Waals surface area contributed by atoms with Gasteiger partial charge in [-0.1, -0.05) is 12.1 Å². The first-order chi connectivity index (χ1) is 8.72. The van der Waals surface area contributed by atoms with Crippen molar-refractivity contribution in [3.8, 4) is 6.07 Å². The highest BCUT2D eigenvalue weighted by molar-refractivity contribution is 7.10. The zero-order valence-electron chi connectivity index (χ0n) is 9.87. The Hall–Kier alpha value is -1.64. The number of hydrogen-bond donors (Lipinski definition) is 0. The summed E-state index contributed by atoms with van der Waals surface area (Å²) in [6.45, 7) is 0. The van der Waals surface area contributed by atoms with Gasteiger partial charge in [-0.2, -0.15) is 5.26 Å². The van der Waals surface area contributed by atoms with Crippen LogP contribution in [0, 0.1) is 11.3 Å². The molecule has 0 bridgehead atoms. The first-order valence-electron chi connectivity index (χ1n) is 5.43. The Labute approximate surface area is 114 Å². The van der Waals surface area contributed by atoms with Crippen molar-refractivity contribution in [1.29, 1.82) is 5.26 Å². The fourth-order valence-electron chi connectivity index (χ4n) is 1.62. The van der Waals surface area contributed by atoms with Gasteiger partial charge < -0.3 is 4.90 Å². The lowest BCUT2D eigenvalue weighted by molar-refractivity contribution is -0.130. The van der Waals surface area contributed by atoms with E-state index in [-0.39, 0.29) is 5.91 Å². The summed E-state index contributed by atoms with van der Waals surface area (Å²) in [4.78, 5) is 15.5. The van der Waals surface area contributed by atoms with Crippen LogP contribution in [0.4, 0.5) is 0 Å². The highest BCUT2D eigenvalue weighted by atomic mass is 32.1. The number of likely N-dealkylation sites (N-methyl/N-ethyl adjacent to an activating group) is 1. The Balaban J connectivity index is 2.08. The van der Waals surface area contributed by atoms with Crippen molar-refractivity contribution in [2.24, 2.45) is 0 Å². The molecule has 1 unspecified atom stereocenters. The highest BCUT2D eigenvalue weighted by Gasteiger charge is 2.22.